The molecular weight excluding hydrogens is 863 g/mol. The summed E-state index contributed by atoms with van der Waals surface area (Å²) in [5.74, 6) is -1.29. The van der Waals surface area contributed by atoms with Gasteiger partial charge in [-0.3, -0.25) is 24.0 Å². The Kier molecular flexibility index (Phi) is 17.8. The Bertz CT molecular complexity index is 2450. The molecule has 1 aliphatic heterocycles. The lowest BCUT2D eigenvalue weighted by Crippen LogP contribution is -2.57. The van der Waals surface area contributed by atoms with Crippen LogP contribution in [0.4, 0.5) is 17.1 Å². The van der Waals surface area contributed by atoms with Gasteiger partial charge in [0.15, 0.2) is 0 Å². The number of aliphatic hydroxyl groups excluding tert-OH is 1. The first kappa shape index (κ1) is 50.0. The Morgan fingerprint density at radius 2 is 1.40 bits per heavy atom. The van der Waals surface area contributed by atoms with Crippen molar-refractivity contribution in [2.75, 3.05) is 22.9 Å². The van der Waals surface area contributed by atoms with Crippen molar-refractivity contribution in [2.45, 2.75) is 123 Å². The van der Waals surface area contributed by atoms with Gasteiger partial charge in [-0.25, -0.2) is 4.98 Å². The van der Waals surface area contributed by atoms with Gasteiger partial charge in [0.1, 0.15) is 12.1 Å². The van der Waals surface area contributed by atoms with Crippen LogP contribution < -0.4 is 27.0 Å². The Balaban J connectivity index is 0.834. The van der Waals surface area contributed by atoms with Crippen molar-refractivity contribution in [3.8, 4) is 21.6 Å². The van der Waals surface area contributed by atoms with E-state index in [0.717, 1.165) is 77.8 Å². The number of thiazole rings is 1. The average Bonchev–Trinajstić information content (AvgIpc) is 3.93. The maximum absolute atomic E-state index is 14.0. The second-order valence-electron chi connectivity index (χ2n) is 18.5. The molecule has 1 aromatic heterocycles. The van der Waals surface area contributed by atoms with E-state index < -0.39 is 23.6 Å². The summed E-state index contributed by atoms with van der Waals surface area (Å²) < 4.78 is 0. The molecule has 354 valence electrons. The highest BCUT2D eigenvalue weighted by Crippen LogP contribution is 2.30. The number of amides is 5. The lowest BCUT2D eigenvalue weighted by atomic mass is 9.85. The lowest BCUT2D eigenvalue weighted by molar-refractivity contribution is -0.144. The number of nitrogens with two attached hydrogens (primary N) is 1. The van der Waals surface area contributed by atoms with E-state index in [2.05, 4.69) is 26.3 Å². The molecule has 0 bridgehead atoms. The number of rotatable bonds is 21. The Morgan fingerprint density at radius 1 is 0.776 bits per heavy atom. The van der Waals surface area contributed by atoms with Crippen molar-refractivity contribution < 1.29 is 29.1 Å². The zero-order valence-electron chi connectivity index (χ0n) is 39.1. The highest BCUT2D eigenvalue weighted by atomic mass is 32.1. The summed E-state index contributed by atoms with van der Waals surface area (Å²) in [5, 5.41) is 22.3. The maximum atomic E-state index is 14.0. The predicted octanol–water partition coefficient (Wildman–Crippen LogP) is 9.27. The number of hydrogen-bond donors (Lipinski definition) is 6. The highest BCUT2D eigenvalue weighted by molar-refractivity contribution is 7.13. The SMILES string of the molecule is Cc1ncsc1-c1ccc(CNC(=O)[C@@H]2C[C@@H](O)CN2C(=O)[C@@H](NC(=O)CCCCCCCCCCC(=O)Nc2ccc(C(=O)Nc3cc(-c4ccccc4)ccc3N)cc2)C(C)(C)C)cc1. The lowest BCUT2D eigenvalue weighted by Gasteiger charge is -2.35. The largest absolute Gasteiger partial charge is 0.397 e. The molecule has 0 spiro atoms. The molecule has 5 amide bonds. The number of nitrogens with one attached hydrogen (secondary N) is 4. The van der Waals surface area contributed by atoms with E-state index in [0.29, 0.717) is 35.5 Å². The second-order valence-corrected chi connectivity index (χ2v) is 19.4. The van der Waals surface area contributed by atoms with Crippen molar-refractivity contribution in [3.63, 3.8) is 0 Å². The molecule has 13 nitrogen and oxygen atoms in total. The number of carbonyl (C=O) groups is 5. The standard InChI is InChI=1S/C53H65N7O6S/c1-35-48(67-34-56-35)38-22-20-36(21-23-38)32-55-51(65)45-31-42(61)33-60(45)52(66)49(53(2,3)4)59-47(63)19-15-10-8-6-5-7-9-14-18-46(62)57-41-27-24-39(25-28-41)50(64)58-44-30-40(26-29-43(44)54)37-16-12-11-13-17-37/h11-13,16-17,20-30,34,42,45,49,61H,5-10,14-15,18-19,31-33,54H2,1-4H3,(H,55,65)(H,57,62)(H,58,64)(H,59,63)/t42-,45+,49-/m1/s1. The molecule has 2 heterocycles. The zero-order valence-corrected chi connectivity index (χ0v) is 39.9. The number of aliphatic hydroxyl groups is 1. The summed E-state index contributed by atoms with van der Waals surface area (Å²) in [5.41, 5.74) is 14.3. The first-order valence-electron chi connectivity index (χ1n) is 23.4. The topological polar surface area (TPSA) is 196 Å². The van der Waals surface area contributed by atoms with Crippen LogP contribution in [0.15, 0.2) is 103 Å². The number of hydrogen-bond acceptors (Lipinski definition) is 9. The molecule has 4 aromatic carbocycles. The van der Waals surface area contributed by atoms with Gasteiger partial charge in [0, 0.05) is 43.6 Å². The van der Waals surface area contributed by atoms with Crippen molar-refractivity contribution >= 4 is 57.9 Å². The summed E-state index contributed by atoms with van der Waals surface area (Å²) in [4.78, 5) is 73.0. The molecule has 67 heavy (non-hydrogen) atoms. The van der Waals surface area contributed by atoms with Crippen LogP contribution in [0, 0.1) is 12.3 Å². The molecule has 6 rings (SSSR count). The Labute approximate surface area is 398 Å². The molecule has 0 aliphatic carbocycles. The number of unbranched alkanes of at least 4 members (excludes halogenated alkanes) is 7. The van der Waals surface area contributed by atoms with Crippen molar-refractivity contribution in [1.82, 2.24) is 20.5 Å². The van der Waals surface area contributed by atoms with Crippen molar-refractivity contribution in [1.29, 1.82) is 0 Å². The Morgan fingerprint density at radius 3 is 2.03 bits per heavy atom. The van der Waals surface area contributed by atoms with E-state index in [1.807, 2.05) is 99.9 Å². The van der Waals surface area contributed by atoms with E-state index in [4.69, 9.17) is 5.73 Å². The van der Waals surface area contributed by atoms with Crippen LogP contribution in [0.3, 0.4) is 0 Å². The molecule has 5 aromatic rings. The minimum absolute atomic E-state index is 0.0246. The number of aromatic nitrogens is 1. The number of benzene rings is 4. The zero-order chi connectivity index (χ0) is 47.9. The van der Waals surface area contributed by atoms with Gasteiger partial charge in [-0.15, -0.1) is 11.3 Å². The van der Waals surface area contributed by atoms with Gasteiger partial charge >= 0.3 is 0 Å². The van der Waals surface area contributed by atoms with E-state index in [-0.39, 0.29) is 55.5 Å². The number of anilines is 3. The molecule has 1 aliphatic rings. The highest BCUT2D eigenvalue weighted by Gasteiger charge is 2.44. The van der Waals surface area contributed by atoms with E-state index in [9.17, 15) is 29.1 Å². The number of likely N-dealkylation sites (tertiary alicyclic amines) is 1. The number of nitrogen functional groups attached to an aromatic ring is 1. The quantitative estimate of drug-likeness (QED) is 0.0309. The molecule has 1 saturated heterocycles. The third-order valence-electron chi connectivity index (χ3n) is 12.1. The minimum atomic E-state index is -0.861. The van der Waals surface area contributed by atoms with Gasteiger partial charge in [-0.1, -0.05) is 120 Å². The predicted molar refractivity (Wildman–Crippen MR) is 267 cm³/mol. The van der Waals surface area contributed by atoms with Gasteiger partial charge < -0.3 is 37.0 Å². The molecule has 3 atom stereocenters. The summed E-state index contributed by atoms with van der Waals surface area (Å²) in [7, 11) is 0. The van der Waals surface area contributed by atoms with Crippen molar-refractivity contribution in [2.24, 2.45) is 5.41 Å². The molecule has 0 unspecified atom stereocenters. The third-order valence-corrected chi connectivity index (χ3v) is 13.1. The van der Waals surface area contributed by atoms with Crippen LogP contribution in [-0.4, -0.2) is 69.3 Å². The number of nitrogens with zero attached hydrogens (tertiary/aromatic N) is 2. The number of carbonyl (C=O) groups excluding carboxylic acids is 5. The summed E-state index contributed by atoms with van der Waals surface area (Å²) in [6.45, 7) is 7.93. The van der Waals surface area contributed by atoms with E-state index in [1.54, 1.807) is 41.7 Å². The summed E-state index contributed by atoms with van der Waals surface area (Å²) in [6, 6.07) is 28.4. The minimum Gasteiger partial charge on any atom is -0.397 e. The molecule has 14 heteroatoms. The van der Waals surface area contributed by atoms with Crippen LogP contribution in [-0.2, 0) is 25.7 Å². The molecule has 0 radical (unpaired) electrons. The van der Waals surface area contributed by atoms with Gasteiger partial charge in [-0.2, -0.15) is 0 Å². The number of β-amino-alcohol motifs (C(OH)–C–C–N with tert-alkyl or cyclic N) is 1. The van der Waals surface area contributed by atoms with E-state index >= 15 is 0 Å². The second kappa shape index (κ2) is 23.9. The van der Waals surface area contributed by atoms with Crippen molar-refractivity contribution in [3.05, 3.63) is 119 Å². The van der Waals surface area contributed by atoms with Gasteiger partial charge in [0.2, 0.25) is 23.6 Å². The van der Waals surface area contributed by atoms with Crippen LogP contribution in [0.2, 0.25) is 0 Å². The van der Waals surface area contributed by atoms with Crippen LogP contribution in [0.5, 0.6) is 0 Å². The van der Waals surface area contributed by atoms with E-state index in [1.165, 1.54) is 4.90 Å². The smallest absolute Gasteiger partial charge is 0.255 e. The first-order chi connectivity index (χ1) is 32.2. The normalized spacial score (nSPS) is 15.1. The fraction of sp³-hybridized carbons (Fsp3) is 0.396. The van der Waals surface area contributed by atoms with Crippen LogP contribution in [0.25, 0.3) is 21.6 Å². The fourth-order valence-electron chi connectivity index (χ4n) is 8.24. The van der Waals surface area contributed by atoms with Crippen LogP contribution in [0.1, 0.15) is 113 Å². The fourth-order valence-corrected chi connectivity index (χ4v) is 9.05. The average molecular weight is 928 g/mol. The molecule has 1 fully saturated rings. The van der Waals surface area contributed by atoms with Gasteiger partial charge in [-0.05, 0) is 83.8 Å². The monoisotopic (exact) mass is 927 g/mol. The summed E-state index contributed by atoms with van der Waals surface area (Å²) in [6.07, 6.45) is 7.33. The van der Waals surface area contributed by atoms with Crippen LogP contribution >= 0.6 is 11.3 Å². The maximum Gasteiger partial charge on any atom is 0.255 e. The Hall–Kier alpha value is -6.38. The molecule has 0 saturated carbocycles. The van der Waals surface area contributed by atoms with Gasteiger partial charge in [0.25, 0.3) is 5.91 Å². The molecule has 7 N–H and O–H groups in total. The molecular formula is C53H65N7O6S. The number of aryl methyl sites for hydroxylation is 1. The third kappa shape index (κ3) is 14.6. The first-order valence-corrected chi connectivity index (χ1v) is 24.3. The summed E-state index contributed by atoms with van der Waals surface area (Å²) >= 11 is 1.58. The van der Waals surface area contributed by atoms with Gasteiger partial charge in [0.05, 0.1) is 33.6 Å².